The number of para-hydroxylation sites is 1. The van der Waals surface area contributed by atoms with E-state index in [0.717, 1.165) is 28.1 Å². The molecule has 0 amide bonds. The third kappa shape index (κ3) is 4.81. The highest BCUT2D eigenvalue weighted by Crippen LogP contribution is 2.43. The third-order valence-corrected chi connectivity index (χ3v) is 9.01. The van der Waals surface area contributed by atoms with E-state index in [1.54, 1.807) is 0 Å². The topological polar surface area (TPSA) is 30.8 Å². The zero-order valence-electron chi connectivity index (χ0n) is 21.3. The molecule has 182 valence electrons. The molecular formula is C32H32NO2P. The molecule has 4 aromatic rings. The maximum Gasteiger partial charge on any atom is 0.231 e. The zero-order chi connectivity index (χ0) is 25.1. The Morgan fingerprint density at radius 3 is 1.83 bits per heavy atom. The fourth-order valence-corrected chi connectivity index (χ4v) is 7.19. The van der Waals surface area contributed by atoms with E-state index in [-0.39, 0.29) is 6.79 Å². The van der Waals surface area contributed by atoms with E-state index in [1.807, 2.05) is 12.3 Å². The summed E-state index contributed by atoms with van der Waals surface area (Å²) in [7, 11) is -0.887. The Bertz CT molecular complexity index is 1300. The maximum absolute atomic E-state index is 6.10. The lowest BCUT2D eigenvalue weighted by molar-refractivity contribution is 0.174. The summed E-state index contributed by atoms with van der Waals surface area (Å²) in [4.78, 5) is 5.16. The number of hydrogen-bond acceptors (Lipinski definition) is 3. The molecule has 0 unspecified atom stereocenters. The van der Waals surface area contributed by atoms with Crippen LogP contribution in [0.1, 0.15) is 56.2 Å². The van der Waals surface area contributed by atoms with Crippen molar-refractivity contribution in [2.75, 3.05) is 6.79 Å². The first kappa shape index (κ1) is 24.3. The molecule has 0 spiro atoms. The Labute approximate surface area is 215 Å². The second kappa shape index (κ2) is 10.7. The fourth-order valence-electron chi connectivity index (χ4n) is 4.66. The van der Waals surface area contributed by atoms with Gasteiger partial charge in [-0.05, 0) is 53.6 Å². The molecule has 0 fully saturated rings. The smallest absolute Gasteiger partial charge is 0.231 e. The minimum atomic E-state index is -0.887. The molecule has 0 aliphatic carbocycles. The predicted octanol–water partition coefficient (Wildman–Crippen LogP) is 7.17. The molecule has 3 nitrogen and oxygen atoms in total. The highest BCUT2D eigenvalue weighted by atomic mass is 31.1. The number of aliphatic imine (C=N–C) groups is 1. The van der Waals surface area contributed by atoms with E-state index >= 15 is 0 Å². The van der Waals surface area contributed by atoms with Gasteiger partial charge in [0.2, 0.25) is 6.79 Å². The molecule has 0 aromatic heterocycles. The summed E-state index contributed by atoms with van der Waals surface area (Å²) >= 11 is 0. The molecule has 1 aliphatic rings. The van der Waals surface area contributed by atoms with Crippen molar-refractivity contribution in [3.8, 4) is 11.5 Å². The summed E-state index contributed by atoms with van der Waals surface area (Å²) in [6.45, 7) is 9.16. The molecule has 0 N–H and O–H groups in total. The molecule has 0 saturated carbocycles. The Morgan fingerprint density at radius 1 is 0.694 bits per heavy atom. The van der Waals surface area contributed by atoms with E-state index in [1.165, 1.54) is 21.7 Å². The van der Waals surface area contributed by atoms with Crippen LogP contribution in [0.2, 0.25) is 0 Å². The first-order chi connectivity index (χ1) is 17.5. The molecule has 5 rings (SSSR count). The van der Waals surface area contributed by atoms with E-state index in [0.29, 0.717) is 11.8 Å². The van der Waals surface area contributed by atoms with Crippen LogP contribution in [-0.4, -0.2) is 13.0 Å². The number of nitrogens with zero attached hydrogens (tertiary/aromatic N) is 1. The molecule has 0 radical (unpaired) electrons. The van der Waals surface area contributed by atoms with Crippen molar-refractivity contribution < 1.29 is 9.47 Å². The summed E-state index contributed by atoms with van der Waals surface area (Å²) in [5, 5.41) is 3.68. The van der Waals surface area contributed by atoms with E-state index in [4.69, 9.17) is 14.5 Å². The van der Waals surface area contributed by atoms with Crippen LogP contribution in [0.15, 0.2) is 96.0 Å². The fraction of sp³-hybridized carbons (Fsp3) is 0.219. The molecule has 1 heterocycles. The monoisotopic (exact) mass is 493 g/mol. The average molecular weight is 494 g/mol. The molecule has 0 saturated heterocycles. The van der Waals surface area contributed by atoms with Crippen molar-refractivity contribution in [2.24, 2.45) is 4.99 Å². The number of rotatable bonds is 7. The highest BCUT2D eigenvalue weighted by Gasteiger charge is 2.28. The van der Waals surface area contributed by atoms with E-state index < -0.39 is 7.92 Å². The van der Waals surface area contributed by atoms with Gasteiger partial charge in [0.25, 0.3) is 0 Å². The highest BCUT2D eigenvalue weighted by molar-refractivity contribution is 7.80. The van der Waals surface area contributed by atoms with Crippen LogP contribution in [0.5, 0.6) is 11.5 Å². The first-order valence-electron chi connectivity index (χ1n) is 12.5. The summed E-state index contributed by atoms with van der Waals surface area (Å²) in [5.41, 5.74) is 4.68. The van der Waals surface area contributed by atoms with Crippen LogP contribution in [-0.2, 0) is 0 Å². The van der Waals surface area contributed by atoms with Crippen molar-refractivity contribution in [3.05, 3.63) is 108 Å². The second-order valence-corrected chi connectivity index (χ2v) is 11.7. The van der Waals surface area contributed by atoms with Crippen LogP contribution >= 0.6 is 7.92 Å². The number of fused-ring (bicyclic) bond motifs is 1. The molecule has 0 atom stereocenters. The quantitative estimate of drug-likeness (QED) is 0.202. The Morgan fingerprint density at radius 2 is 1.28 bits per heavy atom. The molecule has 4 heteroatoms. The minimum Gasteiger partial charge on any atom is -0.454 e. The first-order valence-corrected chi connectivity index (χ1v) is 13.9. The summed E-state index contributed by atoms with van der Waals surface area (Å²) < 4.78 is 11.9. The molecule has 4 aromatic carbocycles. The molecule has 1 aliphatic heterocycles. The van der Waals surface area contributed by atoms with Crippen molar-refractivity contribution in [3.63, 3.8) is 0 Å². The molecular weight excluding hydrogens is 461 g/mol. The number of benzene rings is 4. The summed E-state index contributed by atoms with van der Waals surface area (Å²) in [5.74, 6) is 2.40. The lowest BCUT2D eigenvalue weighted by Crippen LogP contribution is -2.24. The zero-order valence-corrected chi connectivity index (χ0v) is 22.2. The van der Waals surface area contributed by atoms with Crippen molar-refractivity contribution in [1.29, 1.82) is 0 Å². The minimum absolute atomic E-state index is 0.239. The van der Waals surface area contributed by atoms with Gasteiger partial charge in [-0.25, -0.2) is 0 Å². The van der Waals surface area contributed by atoms with Gasteiger partial charge >= 0.3 is 0 Å². The van der Waals surface area contributed by atoms with Gasteiger partial charge in [0.15, 0.2) is 11.5 Å². The van der Waals surface area contributed by atoms with Gasteiger partial charge in [0, 0.05) is 17.1 Å². The maximum atomic E-state index is 6.10. The van der Waals surface area contributed by atoms with E-state index in [2.05, 4.69) is 113 Å². The van der Waals surface area contributed by atoms with Gasteiger partial charge < -0.3 is 9.47 Å². The number of ether oxygens (including phenoxy) is 2. The van der Waals surface area contributed by atoms with Gasteiger partial charge in [0.1, 0.15) is 0 Å². The van der Waals surface area contributed by atoms with E-state index in [9.17, 15) is 0 Å². The third-order valence-electron chi connectivity index (χ3n) is 6.47. The lowest BCUT2D eigenvalue weighted by atomic mass is 9.93. The molecule has 0 bridgehead atoms. The van der Waals surface area contributed by atoms with Gasteiger partial charge in [0.05, 0.1) is 5.69 Å². The molecule has 36 heavy (non-hydrogen) atoms. The van der Waals surface area contributed by atoms with Gasteiger partial charge in [-0.15, -0.1) is 0 Å². The van der Waals surface area contributed by atoms with Crippen molar-refractivity contribution in [1.82, 2.24) is 0 Å². The Balaban J connectivity index is 1.72. The average Bonchev–Trinajstić information content (AvgIpc) is 3.38. The standard InChI is InChI=1S/C32H32NO2P/c1-22(2)27-16-11-17-28(23(3)4)30(27)33-20-24-18-19-29-31(35-21-34-29)32(24)36(25-12-7-5-8-13-25)26-14-9-6-10-15-26/h5-20,22-23H,21H2,1-4H3. The van der Waals surface area contributed by atoms with Crippen LogP contribution in [0.4, 0.5) is 5.69 Å². The van der Waals surface area contributed by atoms with Crippen molar-refractivity contribution >= 4 is 35.7 Å². The Hall–Kier alpha value is -3.42. The van der Waals surface area contributed by atoms with Crippen molar-refractivity contribution in [2.45, 2.75) is 39.5 Å². The van der Waals surface area contributed by atoms with Gasteiger partial charge in [-0.1, -0.05) is 107 Å². The number of hydrogen-bond donors (Lipinski definition) is 0. The van der Waals surface area contributed by atoms with Gasteiger partial charge in [-0.3, -0.25) is 4.99 Å². The largest absolute Gasteiger partial charge is 0.454 e. The Kier molecular flexibility index (Phi) is 7.20. The summed E-state index contributed by atoms with van der Waals surface area (Å²) in [6.07, 6.45) is 2.03. The summed E-state index contributed by atoms with van der Waals surface area (Å²) in [6, 6.07) is 32.1. The predicted molar refractivity (Wildman–Crippen MR) is 153 cm³/mol. The van der Waals surface area contributed by atoms with Crippen LogP contribution in [0.25, 0.3) is 0 Å². The van der Waals surface area contributed by atoms with Crippen LogP contribution in [0.3, 0.4) is 0 Å². The SMILES string of the molecule is CC(C)c1cccc(C(C)C)c1N=Cc1ccc2c(c1P(c1ccccc1)c1ccccc1)OCO2. The lowest BCUT2D eigenvalue weighted by Gasteiger charge is -2.23. The van der Waals surface area contributed by atoms with Gasteiger partial charge in [-0.2, -0.15) is 0 Å². The second-order valence-electron chi connectivity index (χ2n) is 9.60. The normalized spacial score (nSPS) is 12.9. The van der Waals surface area contributed by atoms with Crippen LogP contribution < -0.4 is 25.4 Å². The van der Waals surface area contributed by atoms with Crippen LogP contribution in [0, 0.1) is 0 Å².